The SMILES string of the molecule is O=C(O)c1cnn2c1[nH]c(=O)c1ccccc12. The predicted octanol–water partition coefficient (Wildman–Crippen LogP) is 0.874. The van der Waals surface area contributed by atoms with E-state index in [4.69, 9.17) is 5.11 Å². The first-order valence-corrected chi connectivity index (χ1v) is 4.90. The van der Waals surface area contributed by atoms with Crippen LogP contribution in [0.3, 0.4) is 0 Å². The Balaban J connectivity index is 2.59. The maximum atomic E-state index is 11.8. The van der Waals surface area contributed by atoms with Gasteiger partial charge in [-0.25, -0.2) is 9.31 Å². The van der Waals surface area contributed by atoms with Gasteiger partial charge >= 0.3 is 5.97 Å². The molecule has 0 aliphatic carbocycles. The van der Waals surface area contributed by atoms with Crippen molar-refractivity contribution in [1.82, 2.24) is 14.6 Å². The van der Waals surface area contributed by atoms with Crippen LogP contribution in [0.15, 0.2) is 35.3 Å². The first kappa shape index (κ1) is 9.59. The van der Waals surface area contributed by atoms with Crippen molar-refractivity contribution < 1.29 is 9.90 Å². The summed E-state index contributed by atoms with van der Waals surface area (Å²) in [6.45, 7) is 0. The molecule has 3 rings (SSSR count). The normalized spacial score (nSPS) is 11.1. The van der Waals surface area contributed by atoms with Gasteiger partial charge in [-0.3, -0.25) is 4.79 Å². The summed E-state index contributed by atoms with van der Waals surface area (Å²) in [5.74, 6) is -1.12. The summed E-state index contributed by atoms with van der Waals surface area (Å²) in [7, 11) is 0. The molecule has 0 aliphatic heterocycles. The number of carboxylic acid groups (broad SMARTS) is 1. The minimum atomic E-state index is -1.12. The molecule has 6 heteroatoms. The van der Waals surface area contributed by atoms with Crippen molar-refractivity contribution in [2.45, 2.75) is 0 Å². The fraction of sp³-hybridized carbons (Fsp3) is 0. The maximum absolute atomic E-state index is 11.8. The Morgan fingerprint density at radius 3 is 2.88 bits per heavy atom. The molecule has 0 fully saturated rings. The van der Waals surface area contributed by atoms with Gasteiger partial charge in [0.05, 0.1) is 17.1 Å². The van der Waals surface area contributed by atoms with Gasteiger partial charge in [0.15, 0.2) is 5.65 Å². The molecule has 6 nitrogen and oxygen atoms in total. The van der Waals surface area contributed by atoms with Crippen LogP contribution in [0.1, 0.15) is 10.4 Å². The van der Waals surface area contributed by atoms with Gasteiger partial charge in [-0.15, -0.1) is 0 Å². The van der Waals surface area contributed by atoms with E-state index in [1.165, 1.54) is 10.7 Å². The number of para-hydroxylation sites is 1. The fourth-order valence-electron chi connectivity index (χ4n) is 1.83. The third-order valence-electron chi connectivity index (χ3n) is 2.61. The number of benzene rings is 1. The van der Waals surface area contributed by atoms with Crippen LogP contribution in [-0.2, 0) is 0 Å². The van der Waals surface area contributed by atoms with Crippen molar-refractivity contribution >= 4 is 22.5 Å². The highest BCUT2D eigenvalue weighted by Crippen LogP contribution is 2.13. The topological polar surface area (TPSA) is 87.5 Å². The number of nitrogens with zero attached hydrogens (tertiary/aromatic N) is 2. The van der Waals surface area contributed by atoms with E-state index in [1.807, 2.05) is 0 Å². The molecule has 0 saturated carbocycles. The van der Waals surface area contributed by atoms with E-state index in [2.05, 4.69) is 10.1 Å². The maximum Gasteiger partial charge on any atom is 0.341 e. The molecule has 0 atom stereocenters. The van der Waals surface area contributed by atoms with Crippen molar-refractivity contribution in [1.29, 1.82) is 0 Å². The van der Waals surface area contributed by atoms with E-state index < -0.39 is 5.97 Å². The summed E-state index contributed by atoms with van der Waals surface area (Å²) < 4.78 is 1.42. The third-order valence-corrected chi connectivity index (χ3v) is 2.61. The lowest BCUT2D eigenvalue weighted by molar-refractivity contribution is 0.0699. The molecule has 84 valence electrons. The molecule has 0 amide bonds. The van der Waals surface area contributed by atoms with Crippen LogP contribution < -0.4 is 5.56 Å². The molecule has 0 saturated heterocycles. The molecule has 0 spiro atoms. The highest BCUT2D eigenvalue weighted by atomic mass is 16.4. The number of hydrogen-bond acceptors (Lipinski definition) is 3. The average Bonchev–Trinajstić information content (AvgIpc) is 2.73. The highest BCUT2D eigenvalue weighted by Gasteiger charge is 2.14. The van der Waals surface area contributed by atoms with Gasteiger partial charge in [0, 0.05) is 0 Å². The number of carboxylic acids is 1. The second kappa shape index (κ2) is 3.18. The number of H-pyrrole nitrogens is 1. The molecule has 0 aliphatic rings. The second-order valence-corrected chi connectivity index (χ2v) is 3.60. The summed E-state index contributed by atoms with van der Waals surface area (Å²) in [6, 6.07) is 6.89. The zero-order valence-electron chi connectivity index (χ0n) is 8.54. The third kappa shape index (κ3) is 1.24. The summed E-state index contributed by atoms with van der Waals surface area (Å²) in [6.07, 6.45) is 1.22. The Hall–Kier alpha value is -2.63. The van der Waals surface area contributed by atoms with Crippen LogP contribution >= 0.6 is 0 Å². The van der Waals surface area contributed by atoms with E-state index in [0.717, 1.165) is 0 Å². The van der Waals surface area contributed by atoms with Crippen LogP contribution in [0.25, 0.3) is 16.6 Å². The molecular weight excluding hydrogens is 222 g/mol. The number of aromatic amines is 1. The summed E-state index contributed by atoms with van der Waals surface area (Å²) in [5.41, 5.74) is 0.434. The van der Waals surface area contributed by atoms with E-state index in [1.54, 1.807) is 24.3 Å². The monoisotopic (exact) mass is 229 g/mol. The second-order valence-electron chi connectivity index (χ2n) is 3.60. The van der Waals surface area contributed by atoms with Gasteiger partial charge in [0.2, 0.25) is 0 Å². The van der Waals surface area contributed by atoms with Crippen molar-refractivity contribution in [2.24, 2.45) is 0 Å². The van der Waals surface area contributed by atoms with Gasteiger partial charge in [0.25, 0.3) is 5.56 Å². The fourth-order valence-corrected chi connectivity index (χ4v) is 1.83. The van der Waals surface area contributed by atoms with Crippen LogP contribution in [0.4, 0.5) is 0 Å². The van der Waals surface area contributed by atoms with Crippen LogP contribution in [0, 0.1) is 0 Å². The number of nitrogens with one attached hydrogen (secondary N) is 1. The number of rotatable bonds is 1. The lowest BCUT2D eigenvalue weighted by Gasteiger charge is -2.00. The summed E-state index contributed by atoms with van der Waals surface area (Å²) >= 11 is 0. The Labute approximate surface area is 94.1 Å². The number of fused-ring (bicyclic) bond motifs is 3. The standard InChI is InChI=1S/C11H7N3O3/c15-10-6-3-1-2-4-8(6)14-9(13-10)7(5-12-14)11(16)17/h1-5H,(H,13,15)(H,16,17). The van der Waals surface area contributed by atoms with Gasteiger partial charge in [0.1, 0.15) is 5.56 Å². The first-order valence-electron chi connectivity index (χ1n) is 4.90. The Bertz CT molecular complexity index is 800. The van der Waals surface area contributed by atoms with Gasteiger partial charge in [-0.2, -0.15) is 5.10 Å². The largest absolute Gasteiger partial charge is 0.477 e. The number of aromatic carboxylic acids is 1. The Morgan fingerprint density at radius 2 is 2.12 bits per heavy atom. The minimum Gasteiger partial charge on any atom is -0.477 e. The van der Waals surface area contributed by atoms with Gasteiger partial charge in [-0.1, -0.05) is 12.1 Å². The minimum absolute atomic E-state index is 0.0205. The number of hydrogen-bond donors (Lipinski definition) is 2. The number of carbonyl (C=O) groups is 1. The van der Waals surface area contributed by atoms with Crippen LogP contribution in [-0.4, -0.2) is 25.7 Å². The lowest BCUT2D eigenvalue weighted by atomic mass is 10.2. The molecule has 2 N–H and O–H groups in total. The van der Waals surface area contributed by atoms with E-state index in [9.17, 15) is 9.59 Å². The van der Waals surface area contributed by atoms with Crippen molar-refractivity contribution in [3.63, 3.8) is 0 Å². The van der Waals surface area contributed by atoms with Gasteiger partial charge < -0.3 is 10.1 Å². The predicted molar refractivity (Wildman–Crippen MR) is 60.3 cm³/mol. The van der Waals surface area contributed by atoms with Crippen molar-refractivity contribution in [3.8, 4) is 0 Å². The molecule has 0 unspecified atom stereocenters. The van der Waals surface area contributed by atoms with Crippen molar-refractivity contribution in [3.05, 3.63) is 46.4 Å². The smallest absolute Gasteiger partial charge is 0.341 e. The first-order chi connectivity index (χ1) is 8.18. The molecule has 2 heterocycles. The van der Waals surface area contributed by atoms with Crippen LogP contribution in [0.5, 0.6) is 0 Å². The molecule has 0 radical (unpaired) electrons. The average molecular weight is 229 g/mol. The summed E-state index contributed by atoms with van der Waals surface area (Å²) in [5, 5.41) is 13.4. The highest BCUT2D eigenvalue weighted by molar-refractivity contribution is 5.95. The molecule has 2 aromatic heterocycles. The quantitative estimate of drug-likeness (QED) is 0.648. The van der Waals surface area contributed by atoms with E-state index in [-0.39, 0.29) is 16.8 Å². The molecule has 0 bridgehead atoms. The Kier molecular flexibility index (Phi) is 1.79. The van der Waals surface area contributed by atoms with Gasteiger partial charge in [-0.05, 0) is 12.1 Å². The zero-order valence-corrected chi connectivity index (χ0v) is 8.54. The molecule has 17 heavy (non-hydrogen) atoms. The van der Waals surface area contributed by atoms with E-state index >= 15 is 0 Å². The molecular formula is C11H7N3O3. The Morgan fingerprint density at radius 1 is 1.35 bits per heavy atom. The zero-order chi connectivity index (χ0) is 12.0. The molecule has 1 aromatic carbocycles. The summed E-state index contributed by atoms with van der Waals surface area (Å²) in [4.78, 5) is 25.3. The lowest BCUT2D eigenvalue weighted by Crippen LogP contribution is -2.11. The molecule has 3 aromatic rings. The van der Waals surface area contributed by atoms with E-state index in [0.29, 0.717) is 10.9 Å². The van der Waals surface area contributed by atoms with Crippen LogP contribution in [0.2, 0.25) is 0 Å². The number of aromatic nitrogens is 3. The van der Waals surface area contributed by atoms with Crippen molar-refractivity contribution in [2.75, 3.05) is 0 Å².